The second-order valence-electron chi connectivity index (χ2n) is 2.49. The molecule has 1 aromatic heterocycles. The van der Waals surface area contributed by atoms with Gasteiger partial charge in [0, 0.05) is 0 Å². The minimum Gasteiger partial charge on any atom is -0.420 e. The van der Waals surface area contributed by atoms with E-state index in [1.54, 1.807) is 6.08 Å². The fraction of sp³-hybridized carbons (Fsp3) is 0.500. The molecule has 0 saturated heterocycles. The van der Waals surface area contributed by atoms with Crippen LogP contribution >= 0.6 is 0 Å². The van der Waals surface area contributed by atoms with Crippen LogP contribution in [0.1, 0.15) is 38.1 Å². The Morgan fingerprint density at radius 3 is 2.92 bits per heavy atom. The van der Waals surface area contributed by atoms with Crippen LogP contribution in [0.25, 0.3) is 6.08 Å². The van der Waals surface area contributed by atoms with E-state index in [0.717, 1.165) is 6.42 Å². The van der Waals surface area contributed by atoms with Gasteiger partial charge in [0.1, 0.15) is 0 Å². The number of nitrogens with zero attached hydrogens (tertiary/aromatic N) is 2. The molecule has 0 aliphatic rings. The van der Waals surface area contributed by atoms with Crippen molar-refractivity contribution in [3.05, 3.63) is 17.9 Å². The highest BCUT2D eigenvalue weighted by Crippen LogP contribution is 2.11. The van der Waals surface area contributed by atoms with Gasteiger partial charge in [0.2, 0.25) is 11.8 Å². The maximum absolute atomic E-state index is 5.68. The first kappa shape index (κ1) is 8.93. The molecular weight excluding hydrogens is 154 g/mol. The monoisotopic (exact) mass is 167 g/mol. The Labute approximate surface area is 71.5 Å². The largest absolute Gasteiger partial charge is 0.420 e. The van der Waals surface area contributed by atoms with E-state index in [4.69, 9.17) is 10.2 Å². The van der Waals surface area contributed by atoms with Crippen LogP contribution in [0.4, 0.5) is 0 Å². The highest BCUT2D eigenvalue weighted by atomic mass is 16.4. The molecule has 1 heterocycles. The molecule has 1 aromatic rings. The summed E-state index contributed by atoms with van der Waals surface area (Å²) in [7, 11) is 0. The van der Waals surface area contributed by atoms with Crippen LogP contribution in [0.5, 0.6) is 0 Å². The van der Waals surface area contributed by atoms with Crippen molar-refractivity contribution in [1.29, 1.82) is 0 Å². The molecule has 0 fully saturated rings. The Hall–Kier alpha value is -1.16. The lowest BCUT2D eigenvalue weighted by Gasteiger charge is -1.99. The zero-order valence-electron chi connectivity index (χ0n) is 7.32. The number of allylic oxidation sites excluding steroid dienone is 1. The molecular formula is C8H13N3O. The van der Waals surface area contributed by atoms with E-state index < -0.39 is 0 Å². The molecule has 0 bridgehead atoms. The molecule has 12 heavy (non-hydrogen) atoms. The summed E-state index contributed by atoms with van der Waals surface area (Å²) in [6.45, 7) is 3.87. The Balaban J connectivity index is 2.76. The van der Waals surface area contributed by atoms with E-state index in [9.17, 15) is 0 Å². The molecule has 1 atom stereocenters. The van der Waals surface area contributed by atoms with E-state index >= 15 is 0 Å². The predicted octanol–water partition coefficient (Wildman–Crippen LogP) is 1.51. The lowest BCUT2D eigenvalue weighted by atomic mass is 10.2. The van der Waals surface area contributed by atoms with Crippen molar-refractivity contribution >= 4 is 6.08 Å². The van der Waals surface area contributed by atoms with Crippen LogP contribution in [-0.4, -0.2) is 10.2 Å². The molecule has 0 radical (unpaired) electrons. The van der Waals surface area contributed by atoms with Crippen molar-refractivity contribution in [2.45, 2.75) is 26.3 Å². The molecule has 66 valence electrons. The van der Waals surface area contributed by atoms with Gasteiger partial charge in [0.05, 0.1) is 6.04 Å². The van der Waals surface area contributed by atoms with E-state index in [-0.39, 0.29) is 6.04 Å². The van der Waals surface area contributed by atoms with Gasteiger partial charge in [-0.3, -0.25) is 0 Å². The number of rotatable bonds is 3. The quantitative estimate of drug-likeness (QED) is 0.741. The zero-order chi connectivity index (χ0) is 8.97. The second kappa shape index (κ2) is 4.01. The van der Waals surface area contributed by atoms with Crippen molar-refractivity contribution in [3.63, 3.8) is 0 Å². The van der Waals surface area contributed by atoms with Crippen LogP contribution in [-0.2, 0) is 0 Å². The van der Waals surface area contributed by atoms with Gasteiger partial charge in [-0.05, 0) is 19.4 Å². The molecule has 4 heteroatoms. The number of hydrogen-bond donors (Lipinski definition) is 1. The van der Waals surface area contributed by atoms with Crippen molar-refractivity contribution in [2.24, 2.45) is 5.73 Å². The van der Waals surface area contributed by atoms with E-state index in [1.807, 2.05) is 19.9 Å². The predicted molar refractivity (Wildman–Crippen MR) is 46.2 cm³/mol. The average Bonchev–Trinajstić information content (AvgIpc) is 2.52. The second-order valence-corrected chi connectivity index (χ2v) is 2.49. The number of hydrogen-bond acceptors (Lipinski definition) is 4. The van der Waals surface area contributed by atoms with Crippen LogP contribution in [0.2, 0.25) is 0 Å². The summed E-state index contributed by atoms with van der Waals surface area (Å²) in [4.78, 5) is 0. The molecule has 0 aliphatic carbocycles. The van der Waals surface area contributed by atoms with Gasteiger partial charge in [-0.25, -0.2) is 0 Å². The lowest BCUT2D eigenvalue weighted by molar-refractivity contribution is 0.438. The Bertz CT molecular complexity index is 267. The smallest absolute Gasteiger partial charge is 0.240 e. The number of aromatic nitrogens is 2. The van der Waals surface area contributed by atoms with Crippen molar-refractivity contribution in [2.75, 3.05) is 0 Å². The summed E-state index contributed by atoms with van der Waals surface area (Å²) in [6, 6.07) is -0.142. The normalized spacial score (nSPS) is 13.9. The lowest BCUT2D eigenvalue weighted by Crippen LogP contribution is -2.08. The van der Waals surface area contributed by atoms with Gasteiger partial charge >= 0.3 is 0 Å². The summed E-state index contributed by atoms with van der Waals surface area (Å²) < 4.78 is 5.24. The molecule has 0 saturated carbocycles. The Morgan fingerprint density at radius 1 is 1.58 bits per heavy atom. The highest BCUT2D eigenvalue weighted by Gasteiger charge is 2.10. The SMILES string of the molecule is C/C=C/c1nnc([C@H](N)CC)o1. The molecule has 0 unspecified atom stereocenters. The molecule has 0 spiro atoms. The molecule has 2 N–H and O–H groups in total. The van der Waals surface area contributed by atoms with Gasteiger partial charge in [0.25, 0.3) is 0 Å². The minimum absolute atomic E-state index is 0.142. The summed E-state index contributed by atoms with van der Waals surface area (Å²) in [6.07, 6.45) is 4.39. The maximum Gasteiger partial charge on any atom is 0.240 e. The van der Waals surface area contributed by atoms with Gasteiger partial charge in [-0.1, -0.05) is 13.0 Å². The topological polar surface area (TPSA) is 64.9 Å². The fourth-order valence-electron chi connectivity index (χ4n) is 0.781. The Morgan fingerprint density at radius 2 is 2.33 bits per heavy atom. The van der Waals surface area contributed by atoms with Gasteiger partial charge in [-0.15, -0.1) is 10.2 Å². The summed E-state index contributed by atoms with van der Waals surface area (Å²) in [5.74, 6) is 1.02. The third-order valence-electron chi connectivity index (χ3n) is 1.52. The third-order valence-corrected chi connectivity index (χ3v) is 1.52. The van der Waals surface area contributed by atoms with Crippen LogP contribution in [0.15, 0.2) is 10.5 Å². The molecule has 0 amide bonds. The van der Waals surface area contributed by atoms with Crippen molar-refractivity contribution in [3.8, 4) is 0 Å². The molecule has 4 nitrogen and oxygen atoms in total. The number of nitrogens with two attached hydrogens (primary N) is 1. The van der Waals surface area contributed by atoms with E-state index in [2.05, 4.69) is 10.2 Å². The maximum atomic E-state index is 5.68. The first-order chi connectivity index (χ1) is 5.77. The van der Waals surface area contributed by atoms with Gasteiger partial charge in [-0.2, -0.15) is 0 Å². The van der Waals surface area contributed by atoms with Gasteiger partial charge in [0.15, 0.2) is 0 Å². The van der Waals surface area contributed by atoms with Crippen LogP contribution in [0.3, 0.4) is 0 Å². The van der Waals surface area contributed by atoms with Crippen LogP contribution in [0, 0.1) is 0 Å². The molecule has 0 aliphatic heterocycles. The minimum atomic E-state index is -0.142. The fourth-order valence-corrected chi connectivity index (χ4v) is 0.781. The van der Waals surface area contributed by atoms with Crippen molar-refractivity contribution < 1.29 is 4.42 Å². The molecule has 1 rings (SSSR count). The first-order valence-electron chi connectivity index (χ1n) is 3.99. The Kier molecular flexibility index (Phi) is 2.99. The van der Waals surface area contributed by atoms with Gasteiger partial charge < -0.3 is 10.2 Å². The van der Waals surface area contributed by atoms with E-state index in [0.29, 0.717) is 11.8 Å². The van der Waals surface area contributed by atoms with E-state index in [1.165, 1.54) is 0 Å². The first-order valence-corrected chi connectivity index (χ1v) is 3.99. The summed E-state index contributed by atoms with van der Waals surface area (Å²) >= 11 is 0. The van der Waals surface area contributed by atoms with Crippen molar-refractivity contribution in [1.82, 2.24) is 10.2 Å². The third kappa shape index (κ3) is 1.92. The standard InChI is InChI=1S/C8H13N3O/c1-3-5-7-10-11-8(12-7)6(9)4-2/h3,5-6H,4,9H2,1-2H3/b5-3+/t6-/m1/s1. The summed E-state index contributed by atoms with van der Waals surface area (Å²) in [5.41, 5.74) is 5.68. The highest BCUT2D eigenvalue weighted by molar-refractivity contribution is 5.35. The zero-order valence-corrected chi connectivity index (χ0v) is 7.32. The summed E-state index contributed by atoms with van der Waals surface area (Å²) in [5, 5.41) is 7.60. The average molecular weight is 167 g/mol. The molecule has 0 aromatic carbocycles. The van der Waals surface area contributed by atoms with Crippen LogP contribution < -0.4 is 5.73 Å².